The maximum atomic E-state index is 12.4. The van der Waals surface area contributed by atoms with Crippen LogP contribution in [0.5, 0.6) is 0 Å². The Balaban J connectivity index is 0.00000324. The maximum absolute atomic E-state index is 12.4. The van der Waals surface area contributed by atoms with Gasteiger partial charge in [0.05, 0.1) is 5.92 Å². The summed E-state index contributed by atoms with van der Waals surface area (Å²) in [7, 11) is 0. The van der Waals surface area contributed by atoms with Crippen molar-refractivity contribution in [2.24, 2.45) is 5.92 Å². The number of nitrogens with zero attached hydrogens (tertiary/aromatic N) is 1. The molecule has 1 rings (SSSR count). The van der Waals surface area contributed by atoms with Crippen molar-refractivity contribution in [3.05, 3.63) is 0 Å². The van der Waals surface area contributed by atoms with Gasteiger partial charge in [0, 0.05) is 19.6 Å². The number of amides is 1. The Labute approximate surface area is 124 Å². The van der Waals surface area contributed by atoms with Crippen molar-refractivity contribution in [1.29, 1.82) is 0 Å². The van der Waals surface area contributed by atoms with E-state index in [4.69, 9.17) is 0 Å². The van der Waals surface area contributed by atoms with Crippen LogP contribution in [0.1, 0.15) is 58.8 Å². The molecule has 1 aliphatic heterocycles. The summed E-state index contributed by atoms with van der Waals surface area (Å²) in [5, 5.41) is 3.30. The van der Waals surface area contributed by atoms with E-state index in [0.717, 1.165) is 45.4 Å². The number of rotatable bonds is 9. The summed E-state index contributed by atoms with van der Waals surface area (Å²) in [6, 6.07) is 0. The van der Waals surface area contributed by atoms with Crippen LogP contribution in [0.4, 0.5) is 0 Å². The van der Waals surface area contributed by atoms with Gasteiger partial charge in [0.1, 0.15) is 0 Å². The van der Waals surface area contributed by atoms with E-state index in [1.165, 1.54) is 25.7 Å². The van der Waals surface area contributed by atoms with Gasteiger partial charge in [-0.05, 0) is 25.8 Å². The lowest BCUT2D eigenvalue weighted by Crippen LogP contribution is -2.38. The van der Waals surface area contributed by atoms with Gasteiger partial charge in [-0.15, -0.1) is 12.4 Å². The van der Waals surface area contributed by atoms with Crippen molar-refractivity contribution < 1.29 is 4.79 Å². The number of carbonyl (C=O) groups excluding carboxylic acids is 1. The molecular formula is C15H31ClN2O. The molecular weight excluding hydrogens is 260 g/mol. The van der Waals surface area contributed by atoms with Crippen LogP contribution in [-0.4, -0.2) is 37.0 Å². The van der Waals surface area contributed by atoms with E-state index >= 15 is 0 Å². The second kappa shape index (κ2) is 11.5. The highest BCUT2D eigenvalue weighted by atomic mass is 35.5. The van der Waals surface area contributed by atoms with E-state index < -0.39 is 0 Å². The first-order chi connectivity index (χ1) is 8.79. The molecule has 1 heterocycles. The molecule has 114 valence electrons. The average Bonchev–Trinajstić information content (AvgIpc) is 2.90. The summed E-state index contributed by atoms with van der Waals surface area (Å²) in [4.78, 5) is 14.5. The molecule has 3 nitrogen and oxygen atoms in total. The summed E-state index contributed by atoms with van der Waals surface area (Å²) >= 11 is 0. The smallest absolute Gasteiger partial charge is 0.227 e. The van der Waals surface area contributed by atoms with Crippen LogP contribution in [0, 0.1) is 5.92 Å². The van der Waals surface area contributed by atoms with Crippen LogP contribution in [0.15, 0.2) is 0 Å². The molecule has 19 heavy (non-hydrogen) atoms. The second-order valence-corrected chi connectivity index (χ2v) is 5.43. The normalized spacial score (nSPS) is 18.1. The van der Waals surface area contributed by atoms with Crippen molar-refractivity contribution in [2.45, 2.75) is 58.8 Å². The van der Waals surface area contributed by atoms with Crippen LogP contribution >= 0.6 is 12.4 Å². The highest BCUT2D eigenvalue weighted by molar-refractivity contribution is 5.85. The fourth-order valence-corrected chi connectivity index (χ4v) is 2.56. The van der Waals surface area contributed by atoms with Gasteiger partial charge in [0.25, 0.3) is 0 Å². The summed E-state index contributed by atoms with van der Waals surface area (Å²) in [6.07, 6.45) is 8.27. The zero-order valence-corrected chi connectivity index (χ0v) is 13.4. The minimum absolute atomic E-state index is 0. The third kappa shape index (κ3) is 7.17. The molecule has 0 aromatic carbocycles. The standard InChI is InChI=1S/C15H30N2O.ClH/c1-3-5-7-11-17(12-8-6-4-2)15(18)14-9-10-16-13-14;/h14,16H,3-13H2,1-2H3;1H. The molecule has 1 aliphatic rings. The molecule has 0 spiro atoms. The monoisotopic (exact) mass is 290 g/mol. The van der Waals surface area contributed by atoms with E-state index in [0.29, 0.717) is 5.91 Å². The van der Waals surface area contributed by atoms with E-state index in [9.17, 15) is 4.79 Å². The van der Waals surface area contributed by atoms with Crippen LogP contribution in [0.2, 0.25) is 0 Å². The maximum Gasteiger partial charge on any atom is 0.227 e. The van der Waals surface area contributed by atoms with Crippen LogP contribution < -0.4 is 5.32 Å². The molecule has 0 bridgehead atoms. The SMILES string of the molecule is CCCCCN(CCCCC)C(=O)C1CCNC1.Cl. The van der Waals surface area contributed by atoms with E-state index in [-0.39, 0.29) is 18.3 Å². The molecule has 0 aliphatic carbocycles. The minimum Gasteiger partial charge on any atom is -0.342 e. The molecule has 0 aromatic heterocycles. The Morgan fingerprint density at radius 3 is 2.11 bits per heavy atom. The van der Waals surface area contributed by atoms with E-state index in [2.05, 4.69) is 24.1 Å². The molecule has 1 atom stereocenters. The van der Waals surface area contributed by atoms with Crippen molar-refractivity contribution in [1.82, 2.24) is 10.2 Å². The Hall–Kier alpha value is -0.280. The Morgan fingerprint density at radius 1 is 1.11 bits per heavy atom. The molecule has 1 saturated heterocycles. The van der Waals surface area contributed by atoms with Gasteiger partial charge >= 0.3 is 0 Å². The third-order valence-corrected chi connectivity index (χ3v) is 3.78. The second-order valence-electron chi connectivity index (χ2n) is 5.43. The Kier molecular flexibility index (Phi) is 11.4. The number of nitrogens with one attached hydrogen (secondary N) is 1. The van der Waals surface area contributed by atoms with Crippen molar-refractivity contribution in [3.8, 4) is 0 Å². The fourth-order valence-electron chi connectivity index (χ4n) is 2.56. The van der Waals surface area contributed by atoms with Crippen molar-refractivity contribution >= 4 is 18.3 Å². The minimum atomic E-state index is 0. The summed E-state index contributed by atoms with van der Waals surface area (Å²) < 4.78 is 0. The predicted octanol–water partition coefficient (Wildman–Crippen LogP) is 3.23. The lowest BCUT2D eigenvalue weighted by Gasteiger charge is -2.25. The van der Waals surface area contributed by atoms with Gasteiger partial charge in [-0.2, -0.15) is 0 Å². The van der Waals surface area contributed by atoms with Gasteiger partial charge in [-0.3, -0.25) is 4.79 Å². The number of hydrogen-bond donors (Lipinski definition) is 1. The molecule has 4 heteroatoms. The highest BCUT2D eigenvalue weighted by Gasteiger charge is 2.26. The van der Waals surface area contributed by atoms with Crippen LogP contribution in [0.3, 0.4) is 0 Å². The molecule has 1 N–H and O–H groups in total. The largest absolute Gasteiger partial charge is 0.342 e. The highest BCUT2D eigenvalue weighted by Crippen LogP contribution is 2.13. The Bertz CT molecular complexity index is 220. The number of halogens is 1. The summed E-state index contributed by atoms with van der Waals surface area (Å²) in [5.41, 5.74) is 0. The van der Waals surface area contributed by atoms with Crippen molar-refractivity contribution in [2.75, 3.05) is 26.2 Å². The van der Waals surface area contributed by atoms with Gasteiger partial charge in [0.2, 0.25) is 5.91 Å². The molecule has 1 amide bonds. The fraction of sp³-hybridized carbons (Fsp3) is 0.933. The van der Waals surface area contributed by atoms with Gasteiger partial charge in [-0.1, -0.05) is 39.5 Å². The quantitative estimate of drug-likeness (QED) is 0.661. The number of hydrogen-bond acceptors (Lipinski definition) is 2. The molecule has 1 fully saturated rings. The topological polar surface area (TPSA) is 32.3 Å². The molecule has 0 saturated carbocycles. The first-order valence-electron chi connectivity index (χ1n) is 7.79. The number of carbonyl (C=O) groups is 1. The Morgan fingerprint density at radius 2 is 1.68 bits per heavy atom. The van der Waals surface area contributed by atoms with Crippen molar-refractivity contribution in [3.63, 3.8) is 0 Å². The predicted molar refractivity (Wildman–Crippen MR) is 83.9 cm³/mol. The summed E-state index contributed by atoms with van der Waals surface area (Å²) in [5.74, 6) is 0.639. The van der Waals surface area contributed by atoms with Gasteiger partial charge < -0.3 is 10.2 Å². The van der Waals surface area contributed by atoms with Gasteiger partial charge in [0.15, 0.2) is 0 Å². The zero-order valence-electron chi connectivity index (χ0n) is 12.6. The zero-order chi connectivity index (χ0) is 13.2. The van der Waals surface area contributed by atoms with Gasteiger partial charge in [-0.25, -0.2) is 0 Å². The molecule has 0 radical (unpaired) electrons. The third-order valence-electron chi connectivity index (χ3n) is 3.78. The summed E-state index contributed by atoms with van der Waals surface area (Å²) in [6.45, 7) is 8.25. The average molecular weight is 291 g/mol. The first-order valence-corrected chi connectivity index (χ1v) is 7.79. The lowest BCUT2D eigenvalue weighted by molar-refractivity contribution is -0.135. The number of unbranched alkanes of at least 4 members (excludes halogenated alkanes) is 4. The lowest BCUT2D eigenvalue weighted by atomic mass is 10.1. The molecule has 0 aromatic rings. The van der Waals surface area contributed by atoms with E-state index in [1.54, 1.807) is 0 Å². The van der Waals surface area contributed by atoms with E-state index in [1.807, 2.05) is 0 Å². The van der Waals surface area contributed by atoms with Crippen LogP contribution in [-0.2, 0) is 4.79 Å². The molecule has 1 unspecified atom stereocenters. The first kappa shape index (κ1) is 18.7. The van der Waals surface area contributed by atoms with Crippen LogP contribution in [0.25, 0.3) is 0 Å².